The van der Waals surface area contributed by atoms with Crippen molar-refractivity contribution >= 4 is 15.9 Å². The molecule has 1 fully saturated rings. The lowest BCUT2D eigenvalue weighted by molar-refractivity contribution is -0.138. The van der Waals surface area contributed by atoms with E-state index < -0.39 is 15.8 Å². The Balaban J connectivity index is 1.98. The molecule has 0 atom stereocenters. The number of piperidine rings is 1. The number of carbonyl (C=O) groups is 1. The van der Waals surface area contributed by atoms with Gasteiger partial charge in [0.25, 0.3) is 0 Å². The average Bonchev–Trinajstić information content (AvgIpc) is 2.53. The van der Waals surface area contributed by atoms with Crippen LogP contribution in [0.15, 0.2) is 29.2 Å². The minimum atomic E-state index is -3.64. The predicted molar refractivity (Wildman–Crippen MR) is 77.7 cm³/mol. The van der Waals surface area contributed by atoms with Crippen molar-refractivity contribution in [1.29, 1.82) is 0 Å². The molecule has 1 aliphatic heterocycles. The fourth-order valence-electron chi connectivity index (χ4n) is 2.34. The topological polar surface area (TPSA) is 75.7 Å². The summed E-state index contributed by atoms with van der Waals surface area (Å²) < 4.78 is 39.1. The smallest absolute Gasteiger partial charge is 0.246 e. The molecule has 0 unspecified atom stereocenters. The van der Waals surface area contributed by atoms with E-state index in [1.54, 1.807) is 6.92 Å². The first-order valence-electron chi connectivity index (χ1n) is 7.12. The van der Waals surface area contributed by atoms with Crippen LogP contribution in [-0.2, 0) is 19.7 Å². The summed E-state index contributed by atoms with van der Waals surface area (Å²) >= 11 is 0. The molecule has 1 amide bonds. The first kappa shape index (κ1) is 16.9. The number of nitrogens with zero attached hydrogens (tertiary/aromatic N) is 1. The molecule has 1 N–H and O–H groups in total. The molecule has 8 heteroatoms. The molecule has 6 nitrogen and oxygen atoms in total. The van der Waals surface area contributed by atoms with E-state index in [1.807, 2.05) is 0 Å². The zero-order valence-corrected chi connectivity index (χ0v) is 13.1. The van der Waals surface area contributed by atoms with Gasteiger partial charge < -0.3 is 0 Å². The van der Waals surface area contributed by atoms with E-state index in [9.17, 15) is 17.6 Å². The van der Waals surface area contributed by atoms with E-state index in [0.717, 1.165) is 12.1 Å². The molecule has 22 heavy (non-hydrogen) atoms. The molecule has 0 bridgehead atoms. The van der Waals surface area contributed by atoms with Crippen LogP contribution in [0, 0.1) is 11.7 Å². The molecular formula is C14H19FN2O4S. The van der Waals surface area contributed by atoms with Crippen molar-refractivity contribution in [1.82, 2.24) is 9.79 Å². The van der Waals surface area contributed by atoms with Gasteiger partial charge in [0.15, 0.2) is 0 Å². The highest BCUT2D eigenvalue weighted by molar-refractivity contribution is 7.89. The Morgan fingerprint density at radius 3 is 2.45 bits per heavy atom. The summed E-state index contributed by atoms with van der Waals surface area (Å²) in [4.78, 5) is 16.7. The van der Waals surface area contributed by atoms with E-state index in [2.05, 4.69) is 5.48 Å². The van der Waals surface area contributed by atoms with Crippen LogP contribution in [0.25, 0.3) is 0 Å². The van der Waals surface area contributed by atoms with Crippen molar-refractivity contribution in [2.24, 2.45) is 5.92 Å². The first-order valence-corrected chi connectivity index (χ1v) is 8.56. The van der Waals surface area contributed by atoms with Gasteiger partial charge in [0.2, 0.25) is 15.9 Å². The molecular weight excluding hydrogens is 311 g/mol. The van der Waals surface area contributed by atoms with Gasteiger partial charge in [-0.3, -0.25) is 9.63 Å². The molecule has 1 aliphatic rings. The van der Waals surface area contributed by atoms with E-state index in [4.69, 9.17) is 4.84 Å². The largest absolute Gasteiger partial charge is 0.274 e. The van der Waals surface area contributed by atoms with Crippen LogP contribution in [0.4, 0.5) is 4.39 Å². The Kier molecular flexibility index (Phi) is 5.49. The van der Waals surface area contributed by atoms with Gasteiger partial charge in [-0.05, 0) is 44.0 Å². The van der Waals surface area contributed by atoms with Crippen molar-refractivity contribution in [3.8, 4) is 0 Å². The molecule has 0 saturated carbocycles. The molecule has 0 aromatic heterocycles. The number of carbonyl (C=O) groups excluding carboxylic acids is 1. The second-order valence-corrected chi connectivity index (χ2v) is 6.97. The quantitative estimate of drug-likeness (QED) is 0.826. The first-order chi connectivity index (χ1) is 10.4. The van der Waals surface area contributed by atoms with Gasteiger partial charge >= 0.3 is 0 Å². The summed E-state index contributed by atoms with van der Waals surface area (Å²) in [5.74, 6) is -0.961. The fraction of sp³-hybridized carbons (Fsp3) is 0.500. The van der Waals surface area contributed by atoms with Crippen LogP contribution in [0.5, 0.6) is 0 Å². The molecule has 0 aliphatic carbocycles. The Morgan fingerprint density at radius 1 is 1.32 bits per heavy atom. The van der Waals surface area contributed by atoms with Gasteiger partial charge in [0.1, 0.15) is 5.82 Å². The molecule has 122 valence electrons. The maximum absolute atomic E-state index is 12.9. The van der Waals surface area contributed by atoms with Gasteiger partial charge in [-0.15, -0.1) is 0 Å². The maximum Gasteiger partial charge on any atom is 0.246 e. The Morgan fingerprint density at radius 2 is 1.91 bits per heavy atom. The highest BCUT2D eigenvalue weighted by Crippen LogP contribution is 2.24. The third-order valence-corrected chi connectivity index (χ3v) is 5.51. The zero-order chi connectivity index (χ0) is 16.2. The van der Waals surface area contributed by atoms with Crippen LogP contribution < -0.4 is 5.48 Å². The number of sulfonamides is 1. The van der Waals surface area contributed by atoms with Crippen LogP contribution in [0.1, 0.15) is 19.8 Å². The van der Waals surface area contributed by atoms with Crippen molar-refractivity contribution in [2.75, 3.05) is 19.7 Å². The molecule has 1 heterocycles. The number of nitrogens with one attached hydrogen (secondary N) is 1. The highest BCUT2D eigenvalue weighted by atomic mass is 32.2. The Hall–Kier alpha value is -1.51. The minimum Gasteiger partial charge on any atom is -0.274 e. The highest BCUT2D eigenvalue weighted by Gasteiger charge is 2.32. The SMILES string of the molecule is CCONC(=O)C1CCN(S(=O)(=O)c2ccc(F)cc2)CC1. The van der Waals surface area contributed by atoms with E-state index in [1.165, 1.54) is 16.4 Å². The predicted octanol–water partition coefficient (Wildman–Crippen LogP) is 1.29. The number of rotatable bonds is 5. The Bertz CT molecular complexity index is 610. The third kappa shape index (κ3) is 3.82. The summed E-state index contributed by atoms with van der Waals surface area (Å²) in [6.45, 7) is 2.65. The lowest BCUT2D eigenvalue weighted by atomic mass is 9.98. The molecule has 1 saturated heterocycles. The fourth-order valence-corrected chi connectivity index (χ4v) is 3.81. The van der Waals surface area contributed by atoms with Gasteiger partial charge in [-0.2, -0.15) is 4.31 Å². The second-order valence-electron chi connectivity index (χ2n) is 5.03. The van der Waals surface area contributed by atoms with Crippen molar-refractivity contribution in [2.45, 2.75) is 24.7 Å². The van der Waals surface area contributed by atoms with Gasteiger partial charge in [0, 0.05) is 19.0 Å². The molecule has 2 rings (SSSR count). The molecule has 1 aromatic rings. The molecule has 1 aromatic carbocycles. The van der Waals surface area contributed by atoms with Crippen LogP contribution in [0.3, 0.4) is 0 Å². The van der Waals surface area contributed by atoms with Gasteiger partial charge in [0.05, 0.1) is 11.5 Å². The standard InChI is InChI=1S/C14H19FN2O4S/c1-2-21-16-14(18)11-7-9-17(10-8-11)22(19,20)13-5-3-12(15)4-6-13/h3-6,11H,2,7-10H2,1H3,(H,16,18). The number of amides is 1. The lowest BCUT2D eigenvalue weighted by Crippen LogP contribution is -2.43. The third-order valence-electron chi connectivity index (χ3n) is 3.59. The molecule has 0 spiro atoms. The van der Waals surface area contributed by atoms with Crippen LogP contribution in [0.2, 0.25) is 0 Å². The maximum atomic E-state index is 12.9. The summed E-state index contributed by atoms with van der Waals surface area (Å²) in [6, 6.07) is 4.74. The van der Waals surface area contributed by atoms with Gasteiger partial charge in [-0.25, -0.2) is 18.3 Å². The van der Waals surface area contributed by atoms with E-state index >= 15 is 0 Å². The summed E-state index contributed by atoms with van der Waals surface area (Å²) in [5.41, 5.74) is 2.34. The summed E-state index contributed by atoms with van der Waals surface area (Å²) in [7, 11) is -3.64. The lowest BCUT2D eigenvalue weighted by Gasteiger charge is -2.30. The number of hydrogen-bond acceptors (Lipinski definition) is 4. The minimum absolute atomic E-state index is 0.0612. The number of halogens is 1. The van der Waals surface area contributed by atoms with Crippen molar-refractivity contribution < 1.29 is 22.4 Å². The number of hydroxylamine groups is 1. The van der Waals surface area contributed by atoms with Crippen molar-refractivity contribution in [3.63, 3.8) is 0 Å². The monoisotopic (exact) mass is 330 g/mol. The van der Waals surface area contributed by atoms with Crippen LogP contribution >= 0.6 is 0 Å². The van der Waals surface area contributed by atoms with Crippen LogP contribution in [-0.4, -0.2) is 38.3 Å². The van der Waals surface area contributed by atoms with E-state index in [0.29, 0.717) is 19.4 Å². The van der Waals surface area contributed by atoms with Crippen molar-refractivity contribution in [3.05, 3.63) is 30.1 Å². The average molecular weight is 330 g/mol. The van der Waals surface area contributed by atoms with E-state index in [-0.39, 0.29) is 29.8 Å². The normalized spacial score (nSPS) is 17.4. The summed E-state index contributed by atoms with van der Waals surface area (Å²) in [5, 5.41) is 0. The molecule has 0 radical (unpaired) electrons. The second kappa shape index (κ2) is 7.17. The van der Waals surface area contributed by atoms with Gasteiger partial charge in [-0.1, -0.05) is 0 Å². The number of benzene rings is 1. The summed E-state index contributed by atoms with van der Waals surface area (Å²) in [6.07, 6.45) is 0.860. The number of hydrogen-bond donors (Lipinski definition) is 1. The Labute approximate surface area is 129 Å². The zero-order valence-electron chi connectivity index (χ0n) is 12.3.